The zero-order valence-corrected chi connectivity index (χ0v) is 31.9. The van der Waals surface area contributed by atoms with Crippen LogP contribution in [0.2, 0.25) is 0 Å². The molecule has 56 heavy (non-hydrogen) atoms. The maximum Gasteiger partial charge on any atom is 0.160 e. The van der Waals surface area contributed by atoms with Crippen LogP contribution in [0, 0.1) is 0 Å². The van der Waals surface area contributed by atoms with Crippen molar-refractivity contribution in [3.05, 3.63) is 193 Å². The topological polar surface area (TPSA) is 25.8 Å². The van der Waals surface area contributed by atoms with Crippen LogP contribution in [0.4, 0.5) is 0 Å². The molecule has 1 aliphatic rings. The van der Waals surface area contributed by atoms with E-state index in [9.17, 15) is 0 Å². The standard InChI is InChI=1S/C53H36N2S/c1-53(2)45-20-11-19-41(51(45)44-30-36-14-6-7-15-37(36)31-46(44)53)39-16-10-17-40(28-39)48-32-47(54-52(55-48)35-12-4-3-5-13-35)34-24-22-33(23-25-34)38-26-27-50-43(29-38)42-18-8-9-21-49(42)56-50/h3-32H,1-2H3. The summed E-state index contributed by atoms with van der Waals surface area (Å²) in [6.45, 7) is 4.72. The number of rotatable bonds is 5. The van der Waals surface area contributed by atoms with Crippen LogP contribution in [0.15, 0.2) is 182 Å². The minimum atomic E-state index is -0.102. The Kier molecular flexibility index (Phi) is 7.42. The molecule has 2 heterocycles. The van der Waals surface area contributed by atoms with Gasteiger partial charge in [0.2, 0.25) is 0 Å². The molecule has 0 spiro atoms. The highest BCUT2D eigenvalue weighted by atomic mass is 32.1. The van der Waals surface area contributed by atoms with Gasteiger partial charge in [0.25, 0.3) is 0 Å². The van der Waals surface area contributed by atoms with Crippen molar-refractivity contribution in [1.29, 1.82) is 0 Å². The normalized spacial score (nSPS) is 13.0. The van der Waals surface area contributed by atoms with Crippen LogP contribution in [-0.4, -0.2) is 9.97 Å². The lowest BCUT2D eigenvalue weighted by Crippen LogP contribution is -2.14. The minimum absolute atomic E-state index is 0.102. The van der Waals surface area contributed by atoms with E-state index in [1.54, 1.807) is 0 Å². The Morgan fingerprint density at radius 2 is 1.04 bits per heavy atom. The molecule has 3 heteroatoms. The maximum atomic E-state index is 5.20. The lowest BCUT2D eigenvalue weighted by Gasteiger charge is -2.22. The van der Waals surface area contributed by atoms with E-state index in [4.69, 9.17) is 9.97 Å². The maximum absolute atomic E-state index is 5.20. The van der Waals surface area contributed by atoms with Gasteiger partial charge in [-0.15, -0.1) is 11.3 Å². The van der Waals surface area contributed by atoms with E-state index in [0.29, 0.717) is 5.82 Å². The van der Waals surface area contributed by atoms with E-state index in [0.717, 1.165) is 28.1 Å². The molecule has 0 amide bonds. The van der Waals surface area contributed by atoms with Crippen LogP contribution < -0.4 is 0 Å². The molecule has 10 aromatic rings. The van der Waals surface area contributed by atoms with Gasteiger partial charge in [-0.25, -0.2) is 9.97 Å². The summed E-state index contributed by atoms with van der Waals surface area (Å²) in [5.41, 5.74) is 15.0. The molecular formula is C53H36N2S. The van der Waals surface area contributed by atoms with Crippen molar-refractivity contribution in [3.8, 4) is 67.3 Å². The fraction of sp³-hybridized carbons (Fsp3) is 0.0566. The lowest BCUT2D eigenvalue weighted by atomic mass is 9.81. The second-order valence-corrected chi connectivity index (χ2v) is 16.5. The largest absolute Gasteiger partial charge is 0.228 e. The summed E-state index contributed by atoms with van der Waals surface area (Å²) in [4.78, 5) is 10.4. The molecule has 2 nitrogen and oxygen atoms in total. The van der Waals surface area contributed by atoms with Crippen molar-refractivity contribution in [2.45, 2.75) is 19.3 Å². The fourth-order valence-electron chi connectivity index (χ4n) is 8.76. The Bertz CT molecular complexity index is 3150. The number of thiophene rings is 1. The summed E-state index contributed by atoms with van der Waals surface area (Å²) in [7, 11) is 0. The Morgan fingerprint density at radius 3 is 1.88 bits per heavy atom. The summed E-state index contributed by atoms with van der Waals surface area (Å²) >= 11 is 1.85. The van der Waals surface area contributed by atoms with Crippen molar-refractivity contribution in [2.24, 2.45) is 0 Å². The van der Waals surface area contributed by atoms with E-state index in [1.165, 1.54) is 75.5 Å². The SMILES string of the molecule is CC1(C)c2cc3ccccc3cc2-c2c(-c3cccc(-c4cc(-c5ccc(-c6ccc7sc8ccccc8c7c6)cc5)nc(-c5ccccc5)n4)c3)cccc21. The zero-order valence-electron chi connectivity index (χ0n) is 31.1. The average Bonchev–Trinajstić information content (AvgIpc) is 3.74. The first-order valence-electron chi connectivity index (χ1n) is 19.2. The van der Waals surface area contributed by atoms with E-state index < -0.39 is 0 Å². The average molecular weight is 733 g/mol. The lowest BCUT2D eigenvalue weighted by molar-refractivity contribution is 0.661. The van der Waals surface area contributed by atoms with Gasteiger partial charge in [-0.05, 0) is 97.7 Å². The third-order valence-electron chi connectivity index (χ3n) is 11.7. The van der Waals surface area contributed by atoms with Crippen LogP contribution in [0.25, 0.3) is 98.2 Å². The van der Waals surface area contributed by atoms with Gasteiger partial charge in [-0.3, -0.25) is 0 Å². The Hall–Kier alpha value is -6.68. The van der Waals surface area contributed by atoms with Crippen LogP contribution >= 0.6 is 11.3 Å². The van der Waals surface area contributed by atoms with Crippen molar-refractivity contribution >= 4 is 42.3 Å². The van der Waals surface area contributed by atoms with E-state index in [-0.39, 0.29) is 5.41 Å². The van der Waals surface area contributed by atoms with E-state index in [1.807, 2.05) is 29.5 Å². The van der Waals surface area contributed by atoms with Gasteiger partial charge in [0.1, 0.15) is 0 Å². The summed E-state index contributed by atoms with van der Waals surface area (Å²) in [5.74, 6) is 0.713. The molecule has 264 valence electrons. The highest BCUT2D eigenvalue weighted by Crippen LogP contribution is 2.53. The number of hydrogen-bond donors (Lipinski definition) is 0. The van der Waals surface area contributed by atoms with Gasteiger partial charge < -0.3 is 0 Å². The summed E-state index contributed by atoms with van der Waals surface area (Å²) in [6.07, 6.45) is 0. The summed E-state index contributed by atoms with van der Waals surface area (Å²) in [6, 6.07) is 65.9. The highest BCUT2D eigenvalue weighted by molar-refractivity contribution is 7.25. The molecule has 0 fully saturated rings. The second kappa shape index (κ2) is 12.7. The van der Waals surface area contributed by atoms with Crippen LogP contribution in [-0.2, 0) is 5.41 Å². The molecule has 0 radical (unpaired) electrons. The first-order valence-corrected chi connectivity index (χ1v) is 20.0. The smallest absolute Gasteiger partial charge is 0.160 e. The minimum Gasteiger partial charge on any atom is -0.228 e. The number of hydrogen-bond acceptors (Lipinski definition) is 3. The molecule has 0 atom stereocenters. The Labute approximate surface area is 330 Å². The third kappa shape index (κ3) is 5.31. The van der Waals surface area contributed by atoms with Crippen molar-refractivity contribution < 1.29 is 0 Å². The number of aromatic nitrogens is 2. The molecule has 0 saturated heterocycles. The van der Waals surface area contributed by atoms with Crippen LogP contribution in [0.5, 0.6) is 0 Å². The first kappa shape index (κ1) is 32.7. The van der Waals surface area contributed by atoms with E-state index in [2.05, 4.69) is 178 Å². The van der Waals surface area contributed by atoms with Crippen molar-refractivity contribution in [3.63, 3.8) is 0 Å². The number of fused-ring (bicyclic) bond motifs is 7. The van der Waals surface area contributed by atoms with E-state index >= 15 is 0 Å². The second-order valence-electron chi connectivity index (χ2n) is 15.4. The molecule has 0 N–H and O–H groups in total. The molecule has 1 aliphatic carbocycles. The monoisotopic (exact) mass is 732 g/mol. The van der Waals surface area contributed by atoms with Crippen molar-refractivity contribution in [2.75, 3.05) is 0 Å². The Morgan fingerprint density at radius 1 is 0.393 bits per heavy atom. The first-order chi connectivity index (χ1) is 27.5. The molecule has 0 bridgehead atoms. The van der Waals surface area contributed by atoms with Crippen molar-refractivity contribution in [1.82, 2.24) is 9.97 Å². The predicted molar refractivity (Wildman–Crippen MR) is 237 cm³/mol. The molecule has 8 aromatic carbocycles. The third-order valence-corrected chi connectivity index (χ3v) is 12.8. The van der Waals surface area contributed by atoms with Gasteiger partial charge in [0.15, 0.2) is 5.82 Å². The molecule has 0 unspecified atom stereocenters. The highest BCUT2D eigenvalue weighted by Gasteiger charge is 2.37. The summed E-state index contributed by atoms with van der Waals surface area (Å²) in [5, 5.41) is 5.18. The molecule has 11 rings (SSSR count). The predicted octanol–water partition coefficient (Wildman–Crippen LogP) is 14.6. The van der Waals surface area contributed by atoms with Gasteiger partial charge in [-0.2, -0.15) is 0 Å². The number of nitrogens with zero attached hydrogens (tertiary/aromatic N) is 2. The van der Waals surface area contributed by atoms with Gasteiger partial charge in [0.05, 0.1) is 11.4 Å². The van der Waals surface area contributed by atoms with Crippen LogP contribution in [0.1, 0.15) is 25.0 Å². The molecule has 2 aromatic heterocycles. The number of benzene rings is 8. The fourth-order valence-corrected chi connectivity index (χ4v) is 9.84. The summed E-state index contributed by atoms with van der Waals surface area (Å²) < 4.78 is 2.64. The molecule has 0 saturated carbocycles. The van der Waals surface area contributed by atoms with Gasteiger partial charge in [0, 0.05) is 42.3 Å². The molecular weight excluding hydrogens is 697 g/mol. The molecule has 0 aliphatic heterocycles. The zero-order chi connectivity index (χ0) is 37.4. The van der Waals surface area contributed by atoms with Gasteiger partial charge >= 0.3 is 0 Å². The Balaban J connectivity index is 1.01. The van der Waals surface area contributed by atoms with Gasteiger partial charge in [-0.1, -0.05) is 153 Å². The quantitative estimate of drug-likeness (QED) is 0.176. The van der Waals surface area contributed by atoms with Crippen LogP contribution in [0.3, 0.4) is 0 Å².